The van der Waals surface area contributed by atoms with Crippen molar-refractivity contribution in [2.45, 2.75) is 71.5 Å². The molecule has 0 spiro atoms. The molecule has 0 saturated carbocycles. The van der Waals surface area contributed by atoms with E-state index < -0.39 is 17.7 Å². The molecule has 0 bridgehead atoms. The van der Waals surface area contributed by atoms with E-state index in [0.29, 0.717) is 64.6 Å². The number of rotatable bonds is 7. The van der Waals surface area contributed by atoms with Crippen LogP contribution < -0.4 is 10.6 Å². The van der Waals surface area contributed by atoms with Crippen LogP contribution in [0.1, 0.15) is 65.5 Å². The largest absolute Gasteiger partial charge is 0.450 e. The first-order valence-electron chi connectivity index (χ1n) is 13.9. The molecule has 39 heavy (non-hydrogen) atoms. The predicted octanol–water partition coefficient (Wildman–Crippen LogP) is 3.46. The van der Waals surface area contributed by atoms with Crippen LogP contribution in [-0.2, 0) is 14.3 Å². The summed E-state index contributed by atoms with van der Waals surface area (Å²) in [4.78, 5) is 35.1. The molecule has 3 rings (SSSR count). The number of nitriles is 1. The average molecular weight is 541 g/mol. The molecule has 2 aliphatic heterocycles. The van der Waals surface area contributed by atoms with E-state index in [1.807, 2.05) is 43.9 Å². The Bertz CT molecular complexity index is 1020. The Morgan fingerprint density at radius 3 is 2.36 bits per heavy atom. The molecule has 10 heteroatoms. The Morgan fingerprint density at radius 1 is 1.15 bits per heavy atom. The standard InChI is InChI=1S/C29H44N6O4/c1-6-39-27(37)32-26(35-16-18-38-19-17-35)31-24(20-28(3,4)5)25(36)33-29(21-30)12-14-34(15-13-29)22(2)23-10-8-7-9-11-23/h7-11,22,24H,6,12-20H2,1-5H3,(H,33,36)(H,31,32,37). The van der Waals surface area contributed by atoms with E-state index in [9.17, 15) is 14.9 Å². The molecular weight excluding hydrogens is 496 g/mol. The normalized spacial score (nSPS) is 19.9. The number of alkyl carbamates (subject to hydrolysis) is 1. The first-order chi connectivity index (χ1) is 18.6. The minimum Gasteiger partial charge on any atom is -0.450 e. The van der Waals surface area contributed by atoms with Crippen LogP contribution in [0.15, 0.2) is 35.3 Å². The van der Waals surface area contributed by atoms with Crippen LogP contribution in [0.3, 0.4) is 0 Å². The van der Waals surface area contributed by atoms with Crippen molar-refractivity contribution < 1.29 is 19.1 Å². The number of benzene rings is 1. The molecule has 2 fully saturated rings. The molecule has 0 aromatic heterocycles. The third-order valence-electron chi connectivity index (χ3n) is 7.24. The van der Waals surface area contributed by atoms with Crippen LogP contribution in [0, 0.1) is 16.7 Å². The number of ether oxygens (including phenoxy) is 2. The second-order valence-corrected chi connectivity index (χ2v) is 11.5. The molecule has 2 unspecified atom stereocenters. The van der Waals surface area contributed by atoms with E-state index in [4.69, 9.17) is 14.5 Å². The Morgan fingerprint density at radius 2 is 1.79 bits per heavy atom. The summed E-state index contributed by atoms with van der Waals surface area (Å²) in [5.74, 6) is -0.0221. The van der Waals surface area contributed by atoms with Gasteiger partial charge in [-0.15, -0.1) is 0 Å². The third-order valence-corrected chi connectivity index (χ3v) is 7.24. The van der Waals surface area contributed by atoms with Gasteiger partial charge in [0.2, 0.25) is 11.9 Å². The minimum atomic E-state index is -0.969. The van der Waals surface area contributed by atoms with Gasteiger partial charge in [-0.25, -0.2) is 9.79 Å². The molecule has 0 aliphatic carbocycles. The lowest BCUT2D eigenvalue weighted by molar-refractivity contribution is -0.124. The van der Waals surface area contributed by atoms with Crippen molar-refractivity contribution in [1.82, 2.24) is 20.4 Å². The second-order valence-electron chi connectivity index (χ2n) is 11.5. The van der Waals surface area contributed by atoms with E-state index in [1.54, 1.807) is 6.92 Å². The van der Waals surface area contributed by atoms with Crippen molar-refractivity contribution in [2.24, 2.45) is 10.4 Å². The fourth-order valence-corrected chi connectivity index (χ4v) is 4.97. The van der Waals surface area contributed by atoms with Gasteiger partial charge in [-0.2, -0.15) is 5.26 Å². The molecule has 2 N–H and O–H groups in total. The highest BCUT2D eigenvalue weighted by Crippen LogP contribution is 2.30. The molecule has 2 saturated heterocycles. The molecule has 1 aromatic rings. The van der Waals surface area contributed by atoms with Crippen LogP contribution in [0.25, 0.3) is 0 Å². The summed E-state index contributed by atoms with van der Waals surface area (Å²) < 4.78 is 10.5. The fourth-order valence-electron chi connectivity index (χ4n) is 4.97. The van der Waals surface area contributed by atoms with E-state index >= 15 is 0 Å². The number of likely N-dealkylation sites (tertiary alicyclic amines) is 1. The zero-order valence-electron chi connectivity index (χ0n) is 24.0. The van der Waals surface area contributed by atoms with Gasteiger partial charge in [0, 0.05) is 32.2 Å². The lowest BCUT2D eigenvalue weighted by atomic mass is 9.85. The first kappa shape index (κ1) is 30.4. The number of aliphatic imine (C=N–C) groups is 1. The number of nitrogens with one attached hydrogen (secondary N) is 2. The van der Waals surface area contributed by atoms with Crippen LogP contribution in [0.2, 0.25) is 0 Å². The maximum absolute atomic E-state index is 13.7. The van der Waals surface area contributed by atoms with Crippen molar-refractivity contribution in [1.29, 1.82) is 5.26 Å². The van der Waals surface area contributed by atoms with Crippen molar-refractivity contribution >= 4 is 18.0 Å². The molecule has 214 valence electrons. The summed E-state index contributed by atoms with van der Waals surface area (Å²) in [6.45, 7) is 13.7. The molecule has 10 nitrogen and oxygen atoms in total. The van der Waals surface area contributed by atoms with Gasteiger partial charge in [0.15, 0.2) is 0 Å². The summed E-state index contributed by atoms with van der Waals surface area (Å²) in [7, 11) is 0. The summed E-state index contributed by atoms with van der Waals surface area (Å²) in [5.41, 5.74) is 0.0405. The fraction of sp³-hybridized carbons (Fsp3) is 0.655. The maximum atomic E-state index is 13.7. The second kappa shape index (κ2) is 13.8. The number of carbonyl (C=O) groups excluding carboxylic acids is 2. The van der Waals surface area contributed by atoms with Gasteiger partial charge in [-0.1, -0.05) is 51.1 Å². The predicted molar refractivity (Wildman–Crippen MR) is 150 cm³/mol. The highest BCUT2D eigenvalue weighted by molar-refractivity contribution is 5.96. The van der Waals surface area contributed by atoms with Gasteiger partial charge < -0.3 is 19.7 Å². The van der Waals surface area contributed by atoms with Crippen LogP contribution in [0.4, 0.5) is 4.79 Å². The molecule has 0 radical (unpaired) electrons. The van der Waals surface area contributed by atoms with E-state index in [2.05, 4.69) is 40.7 Å². The highest BCUT2D eigenvalue weighted by Gasteiger charge is 2.39. The smallest absolute Gasteiger partial charge is 0.413 e. The third kappa shape index (κ3) is 8.94. The lowest BCUT2D eigenvalue weighted by Gasteiger charge is -2.41. The minimum absolute atomic E-state index is 0.221. The maximum Gasteiger partial charge on any atom is 0.413 e. The van der Waals surface area contributed by atoms with Crippen molar-refractivity contribution in [3.8, 4) is 6.07 Å². The Kier molecular flexibility index (Phi) is 10.7. The van der Waals surface area contributed by atoms with Crippen LogP contribution in [-0.4, -0.2) is 85.3 Å². The number of carbonyl (C=O) groups is 2. The highest BCUT2D eigenvalue weighted by atomic mass is 16.5. The molecule has 2 aliphatic rings. The quantitative estimate of drug-likeness (QED) is 0.402. The van der Waals surface area contributed by atoms with Gasteiger partial charge >= 0.3 is 6.09 Å². The zero-order chi connectivity index (χ0) is 28.5. The Labute approximate surface area is 232 Å². The number of hydrogen-bond donors (Lipinski definition) is 2. The van der Waals surface area contributed by atoms with Gasteiger partial charge in [-0.05, 0) is 44.1 Å². The number of hydrogen-bond acceptors (Lipinski definition) is 7. The van der Waals surface area contributed by atoms with Crippen LogP contribution in [0.5, 0.6) is 0 Å². The van der Waals surface area contributed by atoms with Gasteiger partial charge in [0.25, 0.3) is 0 Å². The number of morpholine rings is 1. The van der Waals surface area contributed by atoms with E-state index in [0.717, 1.165) is 0 Å². The van der Waals surface area contributed by atoms with Crippen LogP contribution >= 0.6 is 0 Å². The van der Waals surface area contributed by atoms with E-state index in [-0.39, 0.29) is 24.0 Å². The first-order valence-corrected chi connectivity index (χ1v) is 13.9. The van der Waals surface area contributed by atoms with Gasteiger partial charge in [0.1, 0.15) is 11.6 Å². The van der Waals surface area contributed by atoms with Crippen molar-refractivity contribution in [3.63, 3.8) is 0 Å². The molecule has 2 amide bonds. The zero-order valence-corrected chi connectivity index (χ0v) is 24.0. The number of amides is 2. The van der Waals surface area contributed by atoms with Crippen molar-refractivity contribution in [2.75, 3.05) is 46.0 Å². The SMILES string of the molecule is CCOC(=O)NC(=NC(CC(C)(C)C)C(=O)NC1(C#N)CCN(C(C)c2ccccc2)CC1)N1CCOCC1. The molecular formula is C29H44N6O4. The summed E-state index contributed by atoms with van der Waals surface area (Å²) in [6, 6.07) is 12.1. The number of guanidine groups is 1. The summed E-state index contributed by atoms with van der Waals surface area (Å²) in [5, 5.41) is 16.0. The number of piperidine rings is 1. The lowest BCUT2D eigenvalue weighted by Crippen LogP contribution is -2.57. The summed E-state index contributed by atoms with van der Waals surface area (Å²) in [6.07, 6.45) is 0.868. The molecule has 2 heterocycles. The van der Waals surface area contributed by atoms with E-state index in [1.165, 1.54) is 5.56 Å². The monoisotopic (exact) mass is 540 g/mol. The van der Waals surface area contributed by atoms with Crippen molar-refractivity contribution in [3.05, 3.63) is 35.9 Å². The summed E-state index contributed by atoms with van der Waals surface area (Å²) >= 11 is 0. The Hall–Kier alpha value is -3.16. The van der Waals surface area contributed by atoms with Gasteiger partial charge in [0.05, 0.1) is 25.9 Å². The Balaban J connectivity index is 1.78. The topological polar surface area (TPSA) is 119 Å². The number of nitrogens with zero attached hydrogens (tertiary/aromatic N) is 4. The molecule has 2 atom stereocenters. The average Bonchev–Trinajstić information content (AvgIpc) is 2.92. The van der Waals surface area contributed by atoms with Gasteiger partial charge in [-0.3, -0.25) is 15.0 Å². The molecule has 1 aromatic carbocycles.